The Balaban J connectivity index is 2.77. The van der Waals surface area contributed by atoms with Crippen molar-refractivity contribution >= 4 is 10.2 Å². The summed E-state index contributed by atoms with van der Waals surface area (Å²) in [5.41, 5.74) is 0. The van der Waals surface area contributed by atoms with E-state index in [0.29, 0.717) is 0 Å². The van der Waals surface area contributed by atoms with Gasteiger partial charge in [-0.15, -0.1) is 3.89 Å². The molecule has 1 heterocycles. The summed E-state index contributed by atoms with van der Waals surface area (Å²) in [5, 5.41) is 31.0. The summed E-state index contributed by atoms with van der Waals surface area (Å²) in [6.45, 7) is -0.528. The molecule has 0 spiro atoms. The van der Waals surface area contributed by atoms with Gasteiger partial charge in [-0.3, -0.25) is 0 Å². The van der Waals surface area contributed by atoms with E-state index in [1.54, 1.807) is 0 Å². The van der Waals surface area contributed by atoms with Crippen molar-refractivity contribution in [2.75, 3.05) is 13.7 Å². The number of rotatable bonds is 5. The van der Waals surface area contributed by atoms with Crippen LogP contribution in [0.4, 0.5) is 3.89 Å². The number of methoxy groups -OCH3 is 1. The molecule has 0 aromatic carbocycles. The minimum Gasteiger partial charge on any atom is -0.394 e. The number of aliphatic hydroxyl groups excluding tert-OH is 3. The highest BCUT2D eigenvalue weighted by molar-refractivity contribution is 7.89. The Bertz CT molecular complexity index is 413. The number of halogens is 1. The van der Waals surface area contributed by atoms with E-state index in [2.05, 4.69) is 5.32 Å². The molecule has 0 aromatic rings. The lowest BCUT2D eigenvalue weighted by Gasteiger charge is -2.41. The van der Waals surface area contributed by atoms with Crippen molar-refractivity contribution in [3.8, 4) is 0 Å². The molecule has 0 saturated carbocycles. The quantitative estimate of drug-likeness (QED) is 0.422. The molecule has 1 aliphatic heterocycles. The second kappa shape index (κ2) is 6.59. The second-order valence-electron chi connectivity index (χ2n) is 3.91. The Morgan fingerprint density at radius 1 is 1.42 bits per heavy atom. The first-order valence-electron chi connectivity index (χ1n) is 5.32. The van der Waals surface area contributed by atoms with E-state index in [4.69, 9.17) is 14.6 Å². The van der Waals surface area contributed by atoms with Gasteiger partial charge in [0.15, 0.2) is 6.29 Å². The van der Waals surface area contributed by atoms with Crippen LogP contribution in [0.1, 0.15) is 0 Å². The van der Waals surface area contributed by atoms with Gasteiger partial charge < -0.3 is 30.1 Å². The van der Waals surface area contributed by atoms with Gasteiger partial charge in [-0.1, -0.05) is 0 Å². The zero-order valence-electron chi connectivity index (χ0n) is 10.0. The SMILES string of the molecule is COC1O[C@H](CO)[C@H](O)[C@H](O)[C@@H]1N/C=C/S(=O)(=O)F. The summed E-state index contributed by atoms with van der Waals surface area (Å²) in [5.74, 6) is 0. The lowest BCUT2D eigenvalue weighted by molar-refractivity contribution is -0.261. The van der Waals surface area contributed by atoms with Crippen LogP contribution in [0.2, 0.25) is 0 Å². The first-order chi connectivity index (χ1) is 8.80. The molecule has 0 aromatic heterocycles. The van der Waals surface area contributed by atoms with E-state index in [0.717, 1.165) is 6.20 Å². The van der Waals surface area contributed by atoms with E-state index in [-0.39, 0.29) is 5.41 Å². The number of hydrogen-bond donors (Lipinski definition) is 4. The van der Waals surface area contributed by atoms with Gasteiger partial charge in [-0.2, -0.15) is 8.42 Å². The van der Waals surface area contributed by atoms with Crippen LogP contribution in [0.25, 0.3) is 0 Å². The molecular formula is C9H16FNO7S. The lowest BCUT2D eigenvalue weighted by Crippen LogP contribution is -2.62. The minimum absolute atomic E-state index is 0.247. The summed E-state index contributed by atoms with van der Waals surface area (Å²) >= 11 is 0. The molecule has 19 heavy (non-hydrogen) atoms. The van der Waals surface area contributed by atoms with E-state index >= 15 is 0 Å². The molecule has 1 saturated heterocycles. The summed E-state index contributed by atoms with van der Waals surface area (Å²) in [6, 6.07) is -1.03. The predicted molar refractivity (Wildman–Crippen MR) is 60.9 cm³/mol. The van der Waals surface area contributed by atoms with Gasteiger partial charge in [0.05, 0.1) is 12.0 Å². The van der Waals surface area contributed by atoms with Crippen molar-refractivity contribution in [1.29, 1.82) is 0 Å². The number of nitrogens with one attached hydrogen (secondary N) is 1. The van der Waals surface area contributed by atoms with Crippen LogP contribution in [0.3, 0.4) is 0 Å². The maximum absolute atomic E-state index is 12.3. The number of hydrogen-bond acceptors (Lipinski definition) is 8. The number of aliphatic hydroxyl groups is 3. The van der Waals surface area contributed by atoms with E-state index < -0.39 is 47.5 Å². The van der Waals surface area contributed by atoms with Gasteiger partial charge in [0.2, 0.25) is 0 Å². The van der Waals surface area contributed by atoms with E-state index in [1.165, 1.54) is 7.11 Å². The molecule has 0 amide bonds. The van der Waals surface area contributed by atoms with Crippen molar-refractivity contribution in [2.24, 2.45) is 0 Å². The molecule has 8 nitrogen and oxygen atoms in total. The molecule has 1 aliphatic rings. The van der Waals surface area contributed by atoms with E-state index in [1.807, 2.05) is 0 Å². The maximum Gasteiger partial charge on any atom is 0.326 e. The predicted octanol–water partition coefficient (Wildman–Crippen LogP) is -2.20. The summed E-state index contributed by atoms with van der Waals surface area (Å²) in [6.07, 6.45) is -4.13. The fourth-order valence-electron chi connectivity index (χ4n) is 1.69. The largest absolute Gasteiger partial charge is 0.394 e. The molecule has 0 radical (unpaired) electrons. The molecule has 0 aliphatic carbocycles. The van der Waals surface area contributed by atoms with Gasteiger partial charge in [-0.25, -0.2) is 0 Å². The summed E-state index contributed by atoms with van der Waals surface area (Å²) < 4.78 is 42.8. The van der Waals surface area contributed by atoms with Gasteiger partial charge in [0.1, 0.15) is 24.4 Å². The third-order valence-corrected chi connectivity index (χ3v) is 3.09. The molecular weight excluding hydrogens is 285 g/mol. The van der Waals surface area contributed by atoms with Gasteiger partial charge >= 0.3 is 10.2 Å². The minimum atomic E-state index is -4.80. The first kappa shape index (κ1) is 16.3. The zero-order valence-corrected chi connectivity index (χ0v) is 10.8. The molecule has 1 rings (SSSR count). The highest BCUT2D eigenvalue weighted by Gasteiger charge is 2.44. The number of ether oxygens (including phenoxy) is 2. The first-order valence-corrected chi connectivity index (χ1v) is 6.77. The Morgan fingerprint density at radius 2 is 2.05 bits per heavy atom. The van der Waals surface area contributed by atoms with Crippen molar-refractivity contribution < 1.29 is 37.1 Å². The Morgan fingerprint density at radius 3 is 2.53 bits per heavy atom. The zero-order chi connectivity index (χ0) is 14.6. The monoisotopic (exact) mass is 301 g/mol. The maximum atomic E-state index is 12.3. The standard InChI is InChI=1S/C9H16FNO7S/c1-17-9-6(11-2-3-19(10,15)16)8(14)7(13)5(4-12)18-9/h2-3,5-9,11-14H,4H2,1H3/b3-2+/t5-,6+,7+,8-,9?/m1/s1. The normalized spacial score (nSPS) is 36.6. The topological polar surface area (TPSA) is 125 Å². The Labute approximate surface area is 109 Å². The van der Waals surface area contributed by atoms with Crippen molar-refractivity contribution in [3.05, 3.63) is 11.6 Å². The van der Waals surface area contributed by atoms with Crippen molar-refractivity contribution in [3.63, 3.8) is 0 Å². The third kappa shape index (κ3) is 4.37. The van der Waals surface area contributed by atoms with Crippen LogP contribution in [0.15, 0.2) is 11.6 Å². The summed E-state index contributed by atoms with van der Waals surface area (Å²) in [7, 11) is -3.55. The van der Waals surface area contributed by atoms with Crippen molar-refractivity contribution in [1.82, 2.24) is 5.32 Å². The molecule has 1 unspecified atom stereocenters. The van der Waals surface area contributed by atoms with E-state index in [9.17, 15) is 22.5 Å². The average molecular weight is 301 g/mol. The smallest absolute Gasteiger partial charge is 0.326 e. The molecule has 1 fully saturated rings. The molecule has 4 N–H and O–H groups in total. The molecule has 5 atom stereocenters. The van der Waals surface area contributed by atoms with Crippen LogP contribution in [0.5, 0.6) is 0 Å². The summed E-state index contributed by atoms with van der Waals surface area (Å²) in [4.78, 5) is 0. The van der Waals surface area contributed by atoms with Gasteiger partial charge in [-0.05, 0) is 0 Å². The van der Waals surface area contributed by atoms with Gasteiger partial charge in [0, 0.05) is 13.3 Å². The molecule has 0 bridgehead atoms. The van der Waals surface area contributed by atoms with Crippen molar-refractivity contribution in [2.45, 2.75) is 30.6 Å². The Kier molecular flexibility index (Phi) is 5.64. The molecule has 112 valence electrons. The Hall–Kier alpha value is -0.780. The van der Waals surface area contributed by atoms with Gasteiger partial charge in [0.25, 0.3) is 0 Å². The van der Waals surface area contributed by atoms with Crippen LogP contribution in [0, 0.1) is 0 Å². The van der Waals surface area contributed by atoms with Crippen LogP contribution >= 0.6 is 0 Å². The average Bonchev–Trinajstić information content (AvgIpc) is 2.33. The van der Waals surface area contributed by atoms with Crippen LogP contribution in [-0.2, 0) is 19.7 Å². The van der Waals surface area contributed by atoms with Crippen LogP contribution in [-0.4, -0.2) is 68.1 Å². The fraction of sp³-hybridized carbons (Fsp3) is 0.778. The fourth-order valence-corrected chi connectivity index (χ4v) is 1.93. The van der Waals surface area contributed by atoms with Crippen LogP contribution < -0.4 is 5.32 Å². The highest BCUT2D eigenvalue weighted by Crippen LogP contribution is 2.21. The highest BCUT2D eigenvalue weighted by atomic mass is 32.3. The second-order valence-corrected chi connectivity index (χ2v) is 5.14. The molecule has 10 heteroatoms. The lowest BCUT2D eigenvalue weighted by atomic mass is 9.97. The third-order valence-electron chi connectivity index (χ3n) is 2.63.